The van der Waals surface area contributed by atoms with Crippen LogP contribution < -0.4 is 10.5 Å². The number of rotatable bonds is 4. The van der Waals surface area contributed by atoms with Crippen LogP contribution in [0.4, 0.5) is 5.13 Å². The molecule has 2 aromatic rings. The number of thiophene rings is 1. The van der Waals surface area contributed by atoms with Gasteiger partial charge in [0, 0.05) is 11.4 Å². The molecule has 0 saturated heterocycles. The Morgan fingerprint density at radius 1 is 1.44 bits per heavy atom. The molecule has 0 aliphatic rings. The highest BCUT2D eigenvalue weighted by Crippen LogP contribution is 2.26. The Balaban J connectivity index is 2.26. The van der Waals surface area contributed by atoms with Crippen LogP contribution in [0.5, 0.6) is 0 Å². The Hall–Kier alpha value is -0.960. The van der Waals surface area contributed by atoms with Gasteiger partial charge in [0.1, 0.15) is 4.21 Å². The molecule has 2 rings (SSSR count). The molecule has 0 aliphatic carbocycles. The van der Waals surface area contributed by atoms with Crippen LogP contribution in [0.3, 0.4) is 0 Å². The number of nitrogens with zero attached hydrogens (tertiary/aromatic N) is 1. The fourth-order valence-corrected chi connectivity index (χ4v) is 4.55. The van der Waals surface area contributed by atoms with Gasteiger partial charge in [0.2, 0.25) is 0 Å². The Morgan fingerprint density at radius 2 is 2.17 bits per heavy atom. The number of aryl methyl sites for hydroxylation is 2. The topological polar surface area (TPSA) is 85.1 Å². The summed E-state index contributed by atoms with van der Waals surface area (Å²) in [7, 11) is -3.55. The molecule has 18 heavy (non-hydrogen) atoms. The zero-order valence-electron chi connectivity index (χ0n) is 9.93. The number of anilines is 1. The van der Waals surface area contributed by atoms with E-state index in [0.717, 1.165) is 27.5 Å². The SMILES string of the molecule is Cc1nc(NS(=O)(=O)c2cc(CN)cs2)sc1C. The van der Waals surface area contributed by atoms with Crippen molar-refractivity contribution in [3.05, 3.63) is 27.6 Å². The molecule has 0 aliphatic heterocycles. The molecule has 0 fully saturated rings. The van der Waals surface area contributed by atoms with Gasteiger partial charge in [0.05, 0.1) is 5.69 Å². The Labute approximate surface area is 114 Å². The van der Waals surface area contributed by atoms with Crippen LogP contribution in [-0.2, 0) is 16.6 Å². The second-order valence-electron chi connectivity index (χ2n) is 3.74. The highest BCUT2D eigenvalue weighted by atomic mass is 32.2. The lowest BCUT2D eigenvalue weighted by Crippen LogP contribution is -2.11. The van der Waals surface area contributed by atoms with Gasteiger partial charge < -0.3 is 5.73 Å². The van der Waals surface area contributed by atoms with Gasteiger partial charge in [-0.05, 0) is 30.9 Å². The summed E-state index contributed by atoms with van der Waals surface area (Å²) in [6.07, 6.45) is 0. The predicted molar refractivity (Wildman–Crippen MR) is 74.6 cm³/mol. The molecule has 8 heteroatoms. The number of thiazole rings is 1. The molecule has 0 radical (unpaired) electrons. The maximum Gasteiger partial charge on any atom is 0.273 e. The quantitative estimate of drug-likeness (QED) is 0.905. The van der Waals surface area contributed by atoms with Gasteiger partial charge >= 0.3 is 0 Å². The summed E-state index contributed by atoms with van der Waals surface area (Å²) in [5, 5.41) is 2.14. The van der Waals surface area contributed by atoms with Crippen molar-refractivity contribution in [1.29, 1.82) is 0 Å². The number of hydrogen-bond acceptors (Lipinski definition) is 6. The lowest BCUT2D eigenvalue weighted by atomic mass is 10.4. The van der Waals surface area contributed by atoms with Crippen molar-refractivity contribution in [3.8, 4) is 0 Å². The molecular formula is C10H13N3O2S3. The lowest BCUT2D eigenvalue weighted by molar-refractivity contribution is 0.603. The van der Waals surface area contributed by atoms with Crippen LogP contribution in [0.2, 0.25) is 0 Å². The monoisotopic (exact) mass is 303 g/mol. The van der Waals surface area contributed by atoms with E-state index in [9.17, 15) is 8.42 Å². The predicted octanol–water partition coefficient (Wildman–Crippen LogP) is 2.08. The van der Waals surface area contributed by atoms with Crippen LogP contribution >= 0.6 is 22.7 Å². The molecule has 3 N–H and O–H groups in total. The minimum Gasteiger partial charge on any atom is -0.326 e. The highest BCUT2D eigenvalue weighted by Gasteiger charge is 2.18. The van der Waals surface area contributed by atoms with Crippen LogP contribution in [0.25, 0.3) is 0 Å². The van der Waals surface area contributed by atoms with Crippen molar-refractivity contribution >= 4 is 37.8 Å². The molecular weight excluding hydrogens is 290 g/mol. The van der Waals surface area contributed by atoms with Crippen molar-refractivity contribution < 1.29 is 8.42 Å². The normalized spacial score (nSPS) is 11.7. The van der Waals surface area contributed by atoms with E-state index in [4.69, 9.17) is 5.73 Å². The largest absolute Gasteiger partial charge is 0.326 e. The highest BCUT2D eigenvalue weighted by molar-refractivity contribution is 7.94. The Morgan fingerprint density at radius 3 is 2.67 bits per heavy atom. The van der Waals surface area contributed by atoms with Crippen LogP contribution in [0.15, 0.2) is 15.7 Å². The first-order chi connectivity index (χ1) is 8.42. The molecule has 0 aromatic carbocycles. The fraction of sp³-hybridized carbons (Fsp3) is 0.300. The van der Waals surface area contributed by atoms with Crippen molar-refractivity contribution in [1.82, 2.24) is 4.98 Å². The lowest BCUT2D eigenvalue weighted by Gasteiger charge is -2.01. The van der Waals surface area contributed by atoms with Crippen LogP contribution in [-0.4, -0.2) is 13.4 Å². The molecule has 0 amide bonds. The number of nitrogens with two attached hydrogens (primary N) is 1. The van der Waals surface area contributed by atoms with Gasteiger partial charge in [0.15, 0.2) is 5.13 Å². The average molecular weight is 303 g/mol. The van der Waals surface area contributed by atoms with Gasteiger partial charge in [0.25, 0.3) is 10.0 Å². The maximum absolute atomic E-state index is 12.1. The minimum atomic E-state index is -3.55. The molecule has 2 heterocycles. The summed E-state index contributed by atoms with van der Waals surface area (Å²) in [4.78, 5) is 5.16. The summed E-state index contributed by atoms with van der Waals surface area (Å²) < 4.78 is 26.9. The summed E-state index contributed by atoms with van der Waals surface area (Å²) >= 11 is 2.48. The zero-order valence-corrected chi connectivity index (χ0v) is 12.4. The molecule has 5 nitrogen and oxygen atoms in total. The first kappa shape index (κ1) is 13.5. The average Bonchev–Trinajstić information content (AvgIpc) is 2.86. The standard InChI is InChI=1S/C10H13N3O2S3/c1-6-7(2)17-10(12-6)13-18(14,15)9-3-8(4-11)5-16-9/h3,5H,4,11H2,1-2H3,(H,12,13). The fourth-order valence-electron chi connectivity index (χ4n) is 1.28. The molecule has 0 unspecified atom stereocenters. The molecule has 98 valence electrons. The van der Waals surface area contributed by atoms with Gasteiger partial charge in [-0.3, -0.25) is 4.72 Å². The van der Waals surface area contributed by atoms with Crippen LogP contribution in [0, 0.1) is 13.8 Å². The molecule has 2 aromatic heterocycles. The van der Waals surface area contributed by atoms with E-state index in [1.807, 2.05) is 13.8 Å². The third-order valence-electron chi connectivity index (χ3n) is 2.38. The van der Waals surface area contributed by atoms with Crippen molar-refractivity contribution in [2.24, 2.45) is 5.73 Å². The number of aromatic nitrogens is 1. The first-order valence-electron chi connectivity index (χ1n) is 5.16. The summed E-state index contributed by atoms with van der Waals surface area (Å²) in [5.41, 5.74) is 7.11. The van der Waals surface area contributed by atoms with Crippen molar-refractivity contribution in [3.63, 3.8) is 0 Å². The number of sulfonamides is 1. The maximum atomic E-state index is 12.1. The Kier molecular flexibility index (Phi) is 3.71. The summed E-state index contributed by atoms with van der Waals surface area (Å²) in [6.45, 7) is 4.09. The first-order valence-corrected chi connectivity index (χ1v) is 8.34. The number of hydrogen-bond donors (Lipinski definition) is 2. The minimum absolute atomic E-state index is 0.258. The molecule has 0 saturated carbocycles. The van der Waals surface area contributed by atoms with Crippen molar-refractivity contribution in [2.45, 2.75) is 24.6 Å². The van der Waals surface area contributed by atoms with E-state index in [2.05, 4.69) is 9.71 Å². The van der Waals surface area contributed by atoms with Crippen molar-refractivity contribution in [2.75, 3.05) is 4.72 Å². The van der Waals surface area contributed by atoms with Gasteiger partial charge in [-0.25, -0.2) is 13.4 Å². The second kappa shape index (κ2) is 4.96. The van der Waals surface area contributed by atoms with E-state index in [1.54, 1.807) is 11.4 Å². The van der Waals surface area contributed by atoms with Crippen LogP contribution in [0.1, 0.15) is 16.1 Å². The van der Waals surface area contributed by atoms with E-state index in [-0.39, 0.29) is 4.21 Å². The van der Waals surface area contributed by atoms with Gasteiger partial charge in [-0.1, -0.05) is 0 Å². The smallest absolute Gasteiger partial charge is 0.273 e. The third kappa shape index (κ3) is 2.72. The number of nitrogens with one attached hydrogen (secondary N) is 1. The van der Waals surface area contributed by atoms with Gasteiger partial charge in [-0.2, -0.15) is 0 Å². The van der Waals surface area contributed by atoms with E-state index < -0.39 is 10.0 Å². The molecule has 0 atom stereocenters. The zero-order chi connectivity index (χ0) is 13.3. The Bertz CT molecular complexity index is 638. The van der Waals surface area contributed by atoms with Gasteiger partial charge in [-0.15, -0.1) is 22.7 Å². The van der Waals surface area contributed by atoms with E-state index in [0.29, 0.717) is 11.7 Å². The van der Waals surface area contributed by atoms with E-state index >= 15 is 0 Å². The molecule has 0 spiro atoms. The summed E-state index contributed by atoms with van der Waals surface area (Å²) in [6, 6.07) is 1.58. The summed E-state index contributed by atoms with van der Waals surface area (Å²) in [5.74, 6) is 0. The molecule has 0 bridgehead atoms. The second-order valence-corrected chi connectivity index (χ2v) is 7.77. The third-order valence-corrected chi connectivity index (χ3v) is 6.33. The van der Waals surface area contributed by atoms with E-state index in [1.165, 1.54) is 11.3 Å².